The van der Waals surface area contributed by atoms with Gasteiger partial charge in [0.2, 0.25) is 0 Å². The first-order valence-corrected chi connectivity index (χ1v) is 6.76. The minimum absolute atomic E-state index is 0.0171. The first-order valence-electron chi connectivity index (χ1n) is 5.97. The number of Topliss-reactive ketones (excluding diaryl/α,β-unsaturated/α-hetero) is 2. The molecule has 0 spiro atoms. The Morgan fingerprint density at radius 2 is 1.50 bits per heavy atom. The first kappa shape index (κ1) is 12.8. The molecule has 0 aliphatic heterocycles. The van der Waals surface area contributed by atoms with Crippen molar-refractivity contribution in [2.24, 2.45) is 0 Å². The molecule has 1 aliphatic rings. The van der Waals surface area contributed by atoms with Crippen LogP contribution in [0.4, 0.5) is 0 Å². The molecule has 3 rings (SSSR count). The van der Waals surface area contributed by atoms with E-state index in [1.54, 1.807) is 36.4 Å². The van der Waals surface area contributed by atoms with Gasteiger partial charge in [0, 0.05) is 21.2 Å². The summed E-state index contributed by atoms with van der Waals surface area (Å²) in [6.07, 6.45) is 1.43. The van der Waals surface area contributed by atoms with E-state index in [0.29, 0.717) is 21.2 Å². The molecule has 0 atom stereocenters. The average Bonchev–Trinajstić information content (AvgIpc) is 2.68. The standard InChI is InChI=1S/C16H9BrO3/c17-13-6-3-7-14(18)11(13)8-12-15(19)9-4-1-2-5-10(9)16(12)20/h1-8,18H. The van der Waals surface area contributed by atoms with Crippen LogP contribution in [0.25, 0.3) is 6.08 Å². The Hall–Kier alpha value is -2.20. The molecule has 0 fully saturated rings. The third kappa shape index (κ3) is 1.89. The highest BCUT2D eigenvalue weighted by Gasteiger charge is 2.32. The Balaban J connectivity index is 2.16. The number of allylic oxidation sites excluding steroid dienone is 1. The van der Waals surface area contributed by atoms with E-state index in [1.165, 1.54) is 12.1 Å². The van der Waals surface area contributed by atoms with Crippen molar-refractivity contribution in [3.63, 3.8) is 0 Å². The van der Waals surface area contributed by atoms with E-state index in [0.717, 1.165) is 0 Å². The second-order valence-electron chi connectivity index (χ2n) is 4.43. The number of carbonyl (C=O) groups is 2. The Morgan fingerprint density at radius 1 is 0.900 bits per heavy atom. The van der Waals surface area contributed by atoms with Gasteiger partial charge in [0.1, 0.15) is 5.75 Å². The van der Waals surface area contributed by atoms with Gasteiger partial charge in [-0.25, -0.2) is 0 Å². The summed E-state index contributed by atoms with van der Waals surface area (Å²) in [6, 6.07) is 11.6. The van der Waals surface area contributed by atoms with E-state index in [4.69, 9.17) is 0 Å². The number of benzene rings is 2. The summed E-state index contributed by atoms with van der Waals surface area (Å²) in [4.78, 5) is 24.5. The van der Waals surface area contributed by atoms with Gasteiger partial charge in [-0.3, -0.25) is 9.59 Å². The second-order valence-corrected chi connectivity index (χ2v) is 5.29. The maximum absolute atomic E-state index is 12.2. The number of rotatable bonds is 1. The zero-order valence-corrected chi connectivity index (χ0v) is 11.8. The largest absolute Gasteiger partial charge is 0.507 e. The van der Waals surface area contributed by atoms with Crippen molar-refractivity contribution in [3.8, 4) is 5.75 Å². The van der Waals surface area contributed by atoms with Crippen molar-refractivity contribution >= 4 is 33.6 Å². The molecule has 20 heavy (non-hydrogen) atoms. The van der Waals surface area contributed by atoms with Crippen molar-refractivity contribution < 1.29 is 14.7 Å². The van der Waals surface area contributed by atoms with Gasteiger partial charge in [0.05, 0.1) is 5.57 Å². The molecule has 2 aromatic rings. The normalized spacial score (nSPS) is 13.6. The lowest BCUT2D eigenvalue weighted by atomic mass is 10.1. The van der Waals surface area contributed by atoms with Crippen molar-refractivity contribution in [1.29, 1.82) is 0 Å². The van der Waals surface area contributed by atoms with Gasteiger partial charge in [-0.15, -0.1) is 0 Å². The molecule has 0 amide bonds. The summed E-state index contributed by atoms with van der Waals surface area (Å²) in [6.45, 7) is 0. The topological polar surface area (TPSA) is 54.4 Å². The van der Waals surface area contributed by atoms with Crippen LogP contribution in [0.5, 0.6) is 5.75 Å². The van der Waals surface area contributed by atoms with Gasteiger partial charge in [-0.05, 0) is 18.2 Å². The summed E-state index contributed by atoms with van der Waals surface area (Å²) in [5, 5.41) is 9.84. The molecule has 2 aromatic carbocycles. The third-order valence-electron chi connectivity index (χ3n) is 3.22. The fourth-order valence-corrected chi connectivity index (χ4v) is 2.69. The van der Waals surface area contributed by atoms with Gasteiger partial charge < -0.3 is 5.11 Å². The van der Waals surface area contributed by atoms with Crippen LogP contribution in [0, 0.1) is 0 Å². The minimum atomic E-state index is -0.305. The molecule has 0 saturated carbocycles. The van der Waals surface area contributed by atoms with Crippen molar-refractivity contribution in [3.05, 3.63) is 69.2 Å². The fraction of sp³-hybridized carbons (Fsp3) is 0. The summed E-state index contributed by atoms with van der Waals surface area (Å²) in [7, 11) is 0. The van der Waals surface area contributed by atoms with E-state index in [9.17, 15) is 14.7 Å². The molecule has 0 unspecified atom stereocenters. The van der Waals surface area contributed by atoms with Crippen LogP contribution >= 0.6 is 15.9 Å². The zero-order valence-electron chi connectivity index (χ0n) is 10.3. The van der Waals surface area contributed by atoms with Crippen LogP contribution in [-0.4, -0.2) is 16.7 Å². The van der Waals surface area contributed by atoms with Crippen LogP contribution in [0.1, 0.15) is 26.3 Å². The smallest absolute Gasteiger partial charge is 0.197 e. The number of phenols is 1. The van der Waals surface area contributed by atoms with E-state index in [1.807, 2.05) is 0 Å². The molecule has 0 bridgehead atoms. The Labute approximate surface area is 123 Å². The molecule has 0 aromatic heterocycles. The predicted octanol–water partition coefficient (Wildman–Crippen LogP) is 3.62. The summed E-state index contributed by atoms with van der Waals surface area (Å²) < 4.78 is 0.626. The molecule has 3 nitrogen and oxygen atoms in total. The van der Waals surface area contributed by atoms with Crippen LogP contribution in [0.3, 0.4) is 0 Å². The third-order valence-corrected chi connectivity index (χ3v) is 3.92. The fourth-order valence-electron chi connectivity index (χ4n) is 2.22. The highest BCUT2D eigenvalue weighted by molar-refractivity contribution is 9.10. The van der Waals surface area contributed by atoms with Gasteiger partial charge in [-0.1, -0.05) is 46.3 Å². The number of ketones is 2. The zero-order chi connectivity index (χ0) is 14.3. The Morgan fingerprint density at radius 3 is 2.05 bits per heavy atom. The molecule has 0 saturated heterocycles. The Kier molecular flexibility index (Phi) is 3.03. The number of hydrogen-bond acceptors (Lipinski definition) is 3. The van der Waals surface area contributed by atoms with E-state index in [-0.39, 0.29) is 22.9 Å². The highest BCUT2D eigenvalue weighted by Crippen LogP contribution is 2.32. The number of fused-ring (bicyclic) bond motifs is 1. The number of phenolic OH excluding ortho intramolecular Hbond substituents is 1. The SMILES string of the molecule is O=C1C(=Cc2c(O)cccc2Br)C(=O)c2ccccc21. The van der Waals surface area contributed by atoms with Crippen LogP contribution in [0.15, 0.2) is 52.5 Å². The maximum Gasteiger partial charge on any atom is 0.197 e. The van der Waals surface area contributed by atoms with Crippen molar-refractivity contribution in [2.75, 3.05) is 0 Å². The van der Waals surface area contributed by atoms with E-state index >= 15 is 0 Å². The summed E-state index contributed by atoms with van der Waals surface area (Å²) in [5.41, 5.74) is 1.33. The van der Waals surface area contributed by atoms with Crippen molar-refractivity contribution in [1.82, 2.24) is 0 Å². The number of aromatic hydroxyl groups is 1. The quantitative estimate of drug-likeness (QED) is 0.642. The number of halogens is 1. The van der Waals surface area contributed by atoms with Crippen LogP contribution in [0.2, 0.25) is 0 Å². The van der Waals surface area contributed by atoms with Crippen molar-refractivity contribution in [2.45, 2.75) is 0 Å². The lowest BCUT2D eigenvalue weighted by Gasteiger charge is -2.02. The van der Waals surface area contributed by atoms with E-state index in [2.05, 4.69) is 15.9 Å². The summed E-state index contributed by atoms with van der Waals surface area (Å²) in [5.74, 6) is -0.593. The monoisotopic (exact) mass is 328 g/mol. The molecule has 0 radical (unpaired) electrons. The molecular formula is C16H9BrO3. The summed E-state index contributed by atoms with van der Waals surface area (Å²) >= 11 is 3.30. The first-order chi connectivity index (χ1) is 9.59. The molecule has 1 aliphatic carbocycles. The van der Waals surface area contributed by atoms with Gasteiger partial charge >= 0.3 is 0 Å². The molecule has 0 heterocycles. The lowest BCUT2D eigenvalue weighted by Crippen LogP contribution is -2.00. The van der Waals surface area contributed by atoms with Gasteiger partial charge in [0.15, 0.2) is 11.6 Å². The lowest BCUT2D eigenvalue weighted by molar-refractivity contribution is 0.0990. The highest BCUT2D eigenvalue weighted by atomic mass is 79.9. The van der Waals surface area contributed by atoms with Gasteiger partial charge in [0.25, 0.3) is 0 Å². The van der Waals surface area contributed by atoms with E-state index < -0.39 is 0 Å². The molecule has 1 N–H and O–H groups in total. The van der Waals surface area contributed by atoms with Crippen LogP contribution in [-0.2, 0) is 0 Å². The molecular weight excluding hydrogens is 320 g/mol. The predicted molar refractivity (Wildman–Crippen MR) is 78.9 cm³/mol. The van der Waals surface area contributed by atoms with Gasteiger partial charge in [-0.2, -0.15) is 0 Å². The number of hydrogen-bond donors (Lipinski definition) is 1. The molecule has 4 heteroatoms. The minimum Gasteiger partial charge on any atom is -0.507 e. The maximum atomic E-state index is 12.2. The average molecular weight is 329 g/mol. The Bertz CT molecular complexity index is 718. The van der Waals surface area contributed by atoms with Crippen LogP contribution < -0.4 is 0 Å². The second kappa shape index (κ2) is 4.72. The molecule has 98 valence electrons. The number of carbonyl (C=O) groups excluding carboxylic acids is 2.